The molecule has 0 radical (unpaired) electrons. The molecule has 1 aliphatic rings. The fraction of sp³-hybridized carbons (Fsp3) is 0.278. The topological polar surface area (TPSA) is 27.0 Å². The summed E-state index contributed by atoms with van der Waals surface area (Å²) in [6, 6.07) is 20.9. The zero-order chi connectivity index (χ0) is 13.8. The maximum Gasteiger partial charge on any atom is 0.0991 e. The van der Waals surface area contributed by atoms with Gasteiger partial charge in [-0.3, -0.25) is 4.90 Å². The second-order valence-electron chi connectivity index (χ2n) is 5.44. The number of likely N-dealkylation sites (tertiary alicyclic amines) is 1. The lowest BCUT2D eigenvalue weighted by atomic mass is 9.99. The van der Waals surface area contributed by atoms with Crippen LogP contribution in [0, 0.1) is 11.3 Å². The van der Waals surface area contributed by atoms with E-state index in [1.165, 1.54) is 17.5 Å². The molecule has 2 heteroatoms. The van der Waals surface area contributed by atoms with Crippen LogP contribution in [0.2, 0.25) is 0 Å². The largest absolute Gasteiger partial charge is 0.298 e. The molecule has 0 amide bonds. The van der Waals surface area contributed by atoms with Gasteiger partial charge >= 0.3 is 0 Å². The fourth-order valence-electron chi connectivity index (χ4n) is 2.97. The number of benzene rings is 2. The predicted octanol–water partition coefficient (Wildman–Crippen LogP) is 3.55. The molecule has 3 rings (SSSR count). The summed E-state index contributed by atoms with van der Waals surface area (Å²) in [6.07, 6.45) is 1.22. The van der Waals surface area contributed by atoms with E-state index < -0.39 is 0 Å². The molecule has 2 aromatic rings. The molecular formula is C18H18N2. The Morgan fingerprint density at radius 3 is 2.75 bits per heavy atom. The summed E-state index contributed by atoms with van der Waals surface area (Å²) in [7, 11) is 0. The third kappa shape index (κ3) is 2.89. The first-order chi connectivity index (χ1) is 9.85. The van der Waals surface area contributed by atoms with E-state index in [0.717, 1.165) is 25.2 Å². The van der Waals surface area contributed by atoms with Crippen molar-refractivity contribution in [3.63, 3.8) is 0 Å². The van der Waals surface area contributed by atoms with Crippen LogP contribution in [0.4, 0.5) is 0 Å². The Kier molecular flexibility index (Phi) is 3.80. The van der Waals surface area contributed by atoms with Crippen LogP contribution in [0.15, 0.2) is 54.6 Å². The van der Waals surface area contributed by atoms with Crippen molar-refractivity contribution in [3.8, 4) is 6.07 Å². The van der Waals surface area contributed by atoms with Crippen LogP contribution < -0.4 is 0 Å². The SMILES string of the molecule is N#Cc1cccc(CN2CCC(c3ccccc3)C2)c1. The second-order valence-corrected chi connectivity index (χ2v) is 5.44. The van der Waals surface area contributed by atoms with Gasteiger partial charge in [0.15, 0.2) is 0 Å². The number of nitriles is 1. The van der Waals surface area contributed by atoms with Gasteiger partial charge in [-0.05, 0) is 42.1 Å². The standard InChI is InChI=1S/C18H18N2/c19-12-15-5-4-6-16(11-15)13-20-10-9-18(14-20)17-7-2-1-3-8-17/h1-8,11,18H,9-10,13-14H2. The van der Waals surface area contributed by atoms with Crippen LogP contribution in [0.3, 0.4) is 0 Å². The number of rotatable bonds is 3. The van der Waals surface area contributed by atoms with Crippen molar-refractivity contribution < 1.29 is 0 Å². The van der Waals surface area contributed by atoms with Crippen molar-refractivity contribution in [2.45, 2.75) is 18.9 Å². The van der Waals surface area contributed by atoms with E-state index in [1.54, 1.807) is 0 Å². The van der Waals surface area contributed by atoms with Crippen LogP contribution in [0.1, 0.15) is 29.0 Å². The van der Waals surface area contributed by atoms with E-state index in [0.29, 0.717) is 5.92 Å². The lowest BCUT2D eigenvalue weighted by Gasteiger charge is -2.16. The Morgan fingerprint density at radius 2 is 1.95 bits per heavy atom. The molecule has 20 heavy (non-hydrogen) atoms. The second kappa shape index (κ2) is 5.90. The highest BCUT2D eigenvalue weighted by Crippen LogP contribution is 2.27. The number of nitrogens with zero attached hydrogens (tertiary/aromatic N) is 2. The van der Waals surface area contributed by atoms with Gasteiger partial charge in [-0.15, -0.1) is 0 Å². The number of hydrogen-bond acceptors (Lipinski definition) is 2. The summed E-state index contributed by atoms with van der Waals surface area (Å²) in [5.41, 5.74) is 3.43. The van der Waals surface area contributed by atoms with Crippen molar-refractivity contribution in [3.05, 3.63) is 71.3 Å². The van der Waals surface area contributed by atoms with Crippen molar-refractivity contribution in [1.29, 1.82) is 5.26 Å². The van der Waals surface area contributed by atoms with Crippen LogP contribution in [0.5, 0.6) is 0 Å². The van der Waals surface area contributed by atoms with Gasteiger partial charge in [-0.25, -0.2) is 0 Å². The summed E-state index contributed by atoms with van der Waals surface area (Å²) in [5, 5.41) is 8.95. The molecule has 0 aromatic heterocycles. The molecule has 0 spiro atoms. The highest BCUT2D eigenvalue weighted by Gasteiger charge is 2.23. The minimum Gasteiger partial charge on any atom is -0.298 e. The molecule has 0 aliphatic carbocycles. The van der Waals surface area contributed by atoms with Crippen LogP contribution in [-0.4, -0.2) is 18.0 Å². The minimum atomic E-state index is 0.648. The van der Waals surface area contributed by atoms with Gasteiger partial charge in [0.2, 0.25) is 0 Å². The molecule has 1 aliphatic heterocycles. The Hall–Kier alpha value is -2.11. The maximum atomic E-state index is 8.95. The normalized spacial score (nSPS) is 18.9. The molecule has 1 heterocycles. The van der Waals surface area contributed by atoms with Crippen LogP contribution in [0.25, 0.3) is 0 Å². The maximum absolute atomic E-state index is 8.95. The van der Waals surface area contributed by atoms with Gasteiger partial charge < -0.3 is 0 Å². The Morgan fingerprint density at radius 1 is 1.10 bits per heavy atom. The molecule has 2 nitrogen and oxygen atoms in total. The zero-order valence-corrected chi connectivity index (χ0v) is 11.5. The molecule has 1 atom stereocenters. The number of hydrogen-bond donors (Lipinski definition) is 0. The molecular weight excluding hydrogens is 244 g/mol. The van der Waals surface area contributed by atoms with Crippen molar-refractivity contribution >= 4 is 0 Å². The first-order valence-corrected chi connectivity index (χ1v) is 7.11. The van der Waals surface area contributed by atoms with E-state index in [9.17, 15) is 0 Å². The van der Waals surface area contributed by atoms with Gasteiger partial charge in [-0.2, -0.15) is 5.26 Å². The summed E-state index contributed by atoms with van der Waals surface area (Å²) < 4.78 is 0. The summed E-state index contributed by atoms with van der Waals surface area (Å²) in [5.74, 6) is 0.648. The van der Waals surface area contributed by atoms with Crippen LogP contribution in [-0.2, 0) is 6.54 Å². The lowest BCUT2D eigenvalue weighted by molar-refractivity contribution is 0.327. The van der Waals surface area contributed by atoms with Gasteiger partial charge in [0.25, 0.3) is 0 Å². The molecule has 2 aromatic carbocycles. The molecule has 1 fully saturated rings. The van der Waals surface area contributed by atoms with E-state index in [4.69, 9.17) is 5.26 Å². The molecule has 0 saturated carbocycles. The van der Waals surface area contributed by atoms with E-state index in [2.05, 4.69) is 47.4 Å². The van der Waals surface area contributed by atoms with Gasteiger partial charge in [0.05, 0.1) is 11.6 Å². The van der Waals surface area contributed by atoms with Crippen molar-refractivity contribution in [1.82, 2.24) is 4.90 Å². The summed E-state index contributed by atoms with van der Waals surface area (Å²) >= 11 is 0. The Bertz CT molecular complexity index is 613. The predicted molar refractivity (Wildman–Crippen MR) is 80.2 cm³/mol. The molecule has 100 valence electrons. The van der Waals surface area contributed by atoms with E-state index in [1.807, 2.05) is 18.2 Å². The molecule has 0 N–H and O–H groups in total. The van der Waals surface area contributed by atoms with E-state index >= 15 is 0 Å². The van der Waals surface area contributed by atoms with Gasteiger partial charge in [-0.1, -0.05) is 42.5 Å². The fourth-order valence-corrected chi connectivity index (χ4v) is 2.97. The first-order valence-electron chi connectivity index (χ1n) is 7.11. The summed E-state index contributed by atoms with van der Waals surface area (Å²) in [6.45, 7) is 3.19. The van der Waals surface area contributed by atoms with Crippen molar-refractivity contribution in [2.24, 2.45) is 0 Å². The zero-order valence-electron chi connectivity index (χ0n) is 11.5. The molecule has 1 unspecified atom stereocenters. The average molecular weight is 262 g/mol. The molecule has 1 saturated heterocycles. The minimum absolute atomic E-state index is 0.648. The quantitative estimate of drug-likeness (QED) is 0.846. The highest BCUT2D eigenvalue weighted by molar-refractivity contribution is 5.32. The first kappa shape index (κ1) is 12.9. The smallest absolute Gasteiger partial charge is 0.0991 e. The monoisotopic (exact) mass is 262 g/mol. The van der Waals surface area contributed by atoms with Gasteiger partial charge in [0.1, 0.15) is 0 Å². The van der Waals surface area contributed by atoms with Crippen LogP contribution >= 0.6 is 0 Å². The van der Waals surface area contributed by atoms with Crippen molar-refractivity contribution in [2.75, 3.05) is 13.1 Å². The summed E-state index contributed by atoms with van der Waals surface area (Å²) in [4.78, 5) is 2.48. The lowest BCUT2D eigenvalue weighted by Crippen LogP contribution is -2.19. The third-order valence-corrected chi connectivity index (χ3v) is 4.01. The van der Waals surface area contributed by atoms with E-state index in [-0.39, 0.29) is 0 Å². The highest BCUT2D eigenvalue weighted by atomic mass is 15.1. The Balaban J connectivity index is 1.64. The molecule has 0 bridgehead atoms. The van der Waals surface area contributed by atoms with Gasteiger partial charge in [0, 0.05) is 13.1 Å². The third-order valence-electron chi connectivity index (χ3n) is 4.01. The average Bonchev–Trinajstić information content (AvgIpc) is 2.97. The Labute approximate surface area is 120 Å².